The third-order valence-corrected chi connectivity index (χ3v) is 5.80. The molecule has 1 aliphatic rings. The summed E-state index contributed by atoms with van der Waals surface area (Å²) in [5.41, 5.74) is 0.353. The molecular formula is C23H32FN5O. The maximum absolute atomic E-state index is 13.8. The molecule has 0 bridgehead atoms. The molecule has 0 N–H and O–H groups in total. The van der Waals surface area contributed by atoms with Gasteiger partial charge in [-0.1, -0.05) is 13.0 Å². The van der Waals surface area contributed by atoms with Crippen LogP contribution in [0, 0.1) is 5.82 Å². The van der Waals surface area contributed by atoms with E-state index in [1.54, 1.807) is 23.4 Å². The summed E-state index contributed by atoms with van der Waals surface area (Å²) in [7, 11) is 0. The summed E-state index contributed by atoms with van der Waals surface area (Å²) in [5.74, 6) is 0.554. The van der Waals surface area contributed by atoms with E-state index in [-0.39, 0.29) is 17.3 Å². The third kappa shape index (κ3) is 5.61. The fourth-order valence-electron chi connectivity index (χ4n) is 3.93. The van der Waals surface area contributed by atoms with Gasteiger partial charge in [-0.15, -0.1) is 0 Å². The lowest BCUT2D eigenvalue weighted by atomic mass is 10.00. The lowest BCUT2D eigenvalue weighted by molar-refractivity contribution is -0.118. The van der Waals surface area contributed by atoms with Gasteiger partial charge in [0.15, 0.2) is 0 Å². The molecule has 3 rings (SSSR count). The second-order valence-electron chi connectivity index (χ2n) is 8.34. The number of carbonyl (C=O) groups is 1. The molecule has 0 saturated carbocycles. The Labute approximate surface area is 178 Å². The third-order valence-electron chi connectivity index (χ3n) is 5.80. The lowest BCUT2D eigenvalue weighted by Crippen LogP contribution is -2.59. The van der Waals surface area contributed by atoms with Crippen molar-refractivity contribution in [2.45, 2.75) is 39.2 Å². The molecule has 0 aromatic carbocycles. The molecule has 0 aliphatic carbocycles. The van der Waals surface area contributed by atoms with Crippen molar-refractivity contribution in [3.8, 4) is 0 Å². The summed E-state index contributed by atoms with van der Waals surface area (Å²) in [4.78, 5) is 27.7. The molecule has 162 valence electrons. The first-order valence-electron chi connectivity index (χ1n) is 10.7. The Balaban J connectivity index is 1.56. The van der Waals surface area contributed by atoms with Crippen LogP contribution in [0.4, 0.5) is 10.2 Å². The molecule has 30 heavy (non-hydrogen) atoms. The highest BCUT2D eigenvalue weighted by Crippen LogP contribution is 2.22. The van der Waals surface area contributed by atoms with Crippen LogP contribution >= 0.6 is 0 Å². The van der Waals surface area contributed by atoms with Crippen LogP contribution in [-0.4, -0.2) is 70.5 Å². The first-order valence-corrected chi connectivity index (χ1v) is 10.7. The highest BCUT2D eigenvalue weighted by Gasteiger charge is 2.33. The fourth-order valence-corrected chi connectivity index (χ4v) is 3.93. The number of amides is 1. The molecule has 2 aromatic rings. The van der Waals surface area contributed by atoms with E-state index in [0.29, 0.717) is 30.9 Å². The molecule has 1 aliphatic heterocycles. The van der Waals surface area contributed by atoms with Crippen LogP contribution in [0.5, 0.6) is 0 Å². The molecule has 3 heterocycles. The van der Waals surface area contributed by atoms with Crippen LogP contribution in [0.15, 0.2) is 42.7 Å². The van der Waals surface area contributed by atoms with Gasteiger partial charge in [0.1, 0.15) is 11.6 Å². The number of carbonyl (C=O) groups excluding carboxylic acids is 1. The summed E-state index contributed by atoms with van der Waals surface area (Å²) < 4.78 is 13.8. The zero-order valence-electron chi connectivity index (χ0n) is 18.2. The predicted molar refractivity (Wildman–Crippen MR) is 117 cm³/mol. The number of nitrogens with zero attached hydrogens (tertiary/aromatic N) is 5. The van der Waals surface area contributed by atoms with Crippen LogP contribution in [0.1, 0.15) is 32.9 Å². The van der Waals surface area contributed by atoms with Gasteiger partial charge in [0.2, 0.25) is 5.91 Å². The van der Waals surface area contributed by atoms with Crippen LogP contribution in [0.3, 0.4) is 0 Å². The first-order chi connectivity index (χ1) is 14.4. The molecule has 1 fully saturated rings. The van der Waals surface area contributed by atoms with Gasteiger partial charge in [-0.2, -0.15) is 0 Å². The van der Waals surface area contributed by atoms with Crippen molar-refractivity contribution in [2.24, 2.45) is 0 Å². The van der Waals surface area contributed by atoms with Crippen molar-refractivity contribution in [3.05, 3.63) is 54.2 Å². The summed E-state index contributed by atoms with van der Waals surface area (Å²) in [5, 5.41) is 0. The van der Waals surface area contributed by atoms with Crippen molar-refractivity contribution < 1.29 is 9.18 Å². The van der Waals surface area contributed by atoms with Gasteiger partial charge in [0.05, 0.1) is 5.69 Å². The highest BCUT2D eigenvalue weighted by atomic mass is 19.1. The minimum atomic E-state index is -0.229. The van der Waals surface area contributed by atoms with E-state index in [4.69, 9.17) is 0 Å². The van der Waals surface area contributed by atoms with E-state index < -0.39 is 0 Å². The van der Waals surface area contributed by atoms with Crippen LogP contribution in [0.2, 0.25) is 0 Å². The molecule has 1 amide bonds. The van der Waals surface area contributed by atoms with Crippen molar-refractivity contribution in [1.82, 2.24) is 19.8 Å². The van der Waals surface area contributed by atoms with Crippen LogP contribution in [-0.2, 0) is 11.2 Å². The van der Waals surface area contributed by atoms with E-state index in [1.807, 2.05) is 25.1 Å². The van der Waals surface area contributed by atoms with Crippen molar-refractivity contribution in [2.75, 3.05) is 44.2 Å². The van der Waals surface area contributed by atoms with Gasteiger partial charge >= 0.3 is 0 Å². The Morgan fingerprint density at radius 3 is 2.47 bits per heavy atom. The summed E-state index contributed by atoms with van der Waals surface area (Å²) >= 11 is 0. The van der Waals surface area contributed by atoms with Crippen LogP contribution in [0.25, 0.3) is 0 Å². The van der Waals surface area contributed by atoms with E-state index in [2.05, 4.69) is 33.6 Å². The molecule has 0 unspecified atom stereocenters. The molecule has 6 nitrogen and oxygen atoms in total. The molecule has 0 radical (unpaired) electrons. The van der Waals surface area contributed by atoms with Gasteiger partial charge in [-0.3, -0.25) is 19.6 Å². The Morgan fingerprint density at radius 2 is 1.83 bits per heavy atom. The van der Waals surface area contributed by atoms with E-state index in [1.165, 1.54) is 6.07 Å². The number of piperazine rings is 1. The second kappa shape index (κ2) is 10.1. The van der Waals surface area contributed by atoms with E-state index in [0.717, 1.165) is 32.7 Å². The number of hydrogen-bond donors (Lipinski definition) is 0. The number of hydrogen-bond acceptors (Lipinski definition) is 5. The minimum absolute atomic E-state index is 0.0813. The van der Waals surface area contributed by atoms with Gasteiger partial charge in [0, 0.05) is 70.0 Å². The monoisotopic (exact) mass is 413 g/mol. The Hall–Kier alpha value is -2.38. The fraction of sp³-hybridized carbons (Fsp3) is 0.522. The molecule has 1 saturated heterocycles. The molecule has 0 spiro atoms. The maximum Gasteiger partial charge on any atom is 0.227 e. The van der Waals surface area contributed by atoms with Crippen molar-refractivity contribution >= 4 is 11.7 Å². The number of aromatic nitrogens is 2. The smallest absolute Gasteiger partial charge is 0.227 e. The lowest BCUT2D eigenvalue weighted by Gasteiger charge is -2.45. The number of halogens is 1. The first kappa shape index (κ1) is 22.3. The van der Waals surface area contributed by atoms with E-state index in [9.17, 15) is 9.18 Å². The molecule has 0 atom stereocenters. The zero-order valence-corrected chi connectivity index (χ0v) is 18.2. The van der Waals surface area contributed by atoms with Crippen molar-refractivity contribution in [3.63, 3.8) is 0 Å². The van der Waals surface area contributed by atoms with E-state index >= 15 is 0 Å². The Bertz CT molecular complexity index is 821. The topological polar surface area (TPSA) is 52.6 Å². The average molecular weight is 414 g/mol. The quantitative estimate of drug-likeness (QED) is 0.666. The van der Waals surface area contributed by atoms with Crippen molar-refractivity contribution in [1.29, 1.82) is 0 Å². The van der Waals surface area contributed by atoms with Gasteiger partial charge in [-0.25, -0.2) is 9.37 Å². The van der Waals surface area contributed by atoms with Gasteiger partial charge < -0.3 is 4.90 Å². The average Bonchev–Trinajstić information content (AvgIpc) is 2.77. The summed E-state index contributed by atoms with van der Waals surface area (Å²) in [6.45, 7) is 11.3. The SMILES string of the molecule is CCC(=O)N(CC(C)(C)N1CCN(CCc2ncccc2F)CC1)c1ccccn1. The predicted octanol–water partition coefficient (Wildman–Crippen LogP) is 3.00. The highest BCUT2D eigenvalue weighted by molar-refractivity contribution is 5.92. The zero-order chi connectivity index (χ0) is 21.6. The maximum atomic E-state index is 13.8. The normalized spacial score (nSPS) is 15.9. The molecule has 7 heteroatoms. The largest absolute Gasteiger partial charge is 0.300 e. The standard InChI is InChI=1S/C23H32FN5O/c1-4-22(30)29(21-9-5-6-11-26-21)18-23(2,3)28-16-14-27(15-17-28)13-10-20-19(24)8-7-12-25-20/h5-9,11-12H,4,10,13-18H2,1-3H3. The van der Waals surface area contributed by atoms with Gasteiger partial charge in [-0.05, 0) is 38.1 Å². The number of pyridine rings is 2. The van der Waals surface area contributed by atoms with Gasteiger partial charge in [0.25, 0.3) is 0 Å². The molecule has 2 aromatic heterocycles. The molecular weight excluding hydrogens is 381 g/mol. The Morgan fingerprint density at radius 1 is 1.10 bits per heavy atom. The number of anilines is 1. The summed E-state index contributed by atoms with van der Waals surface area (Å²) in [6.07, 6.45) is 4.43. The summed E-state index contributed by atoms with van der Waals surface area (Å²) in [6, 6.07) is 8.75. The second-order valence-corrected chi connectivity index (χ2v) is 8.34. The van der Waals surface area contributed by atoms with Crippen LogP contribution < -0.4 is 4.90 Å². The number of rotatable bonds is 8. The Kier molecular flexibility index (Phi) is 7.50. The minimum Gasteiger partial charge on any atom is -0.300 e.